The molecule has 0 aromatic carbocycles. The minimum absolute atomic E-state index is 0.0515. The minimum atomic E-state index is -0.388. The fourth-order valence-corrected chi connectivity index (χ4v) is 2.28. The van der Waals surface area contributed by atoms with Crippen molar-refractivity contribution in [2.75, 3.05) is 25.5 Å². The van der Waals surface area contributed by atoms with Gasteiger partial charge >= 0.3 is 5.69 Å². The molecule has 18 heavy (non-hydrogen) atoms. The minimum Gasteiger partial charge on any atom is -0.363 e. The number of likely N-dealkylation sites (tertiary alicyclic amines) is 1. The van der Waals surface area contributed by atoms with Crippen molar-refractivity contribution in [1.29, 1.82) is 0 Å². The summed E-state index contributed by atoms with van der Waals surface area (Å²) in [6.07, 6.45) is 3.96. The molecule has 2 heterocycles. The van der Waals surface area contributed by atoms with Crippen molar-refractivity contribution in [2.45, 2.75) is 25.8 Å². The van der Waals surface area contributed by atoms with E-state index in [1.165, 1.54) is 6.42 Å². The number of rotatable bonds is 4. The third kappa shape index (κ3) is 2.76. The molecule has 0 aliphatic carbocycles. The zero-order chi connectivity index (χ0) is 13.1. The number of hydrogen-bond donors (Lipinski definition) is 1. The Balaban J connectivity index is 2.06. The van der Waals surface area contributed by atoms with Gasteiger partial charge in [0.1, 0.15) is 0 Å². The second-order valence-electron chi connectivity index (χ2n) is 4.80. The summed E-state index contributed by atoms with van der Waals surface area (Å²) in [5, 5.41) is 14.0. The van der Waals surface area contributed by atoms with Gasteiger partial charge in [-0.25, -0.2) is 4.98 Å². The highest BCUT2D eigenvalue weighted by Gasteiger charge is 2.22. The van der Waals surface area contributed by atoms with Gasteiger partial charge in [0.15, 0.2) is 0 Å². The van der Waals surface area contributed by atoms with E-state index in [0.29, 0.717) is 18.4 Å². The van der Waals surface area contributed by atoms with Crippen LogP contribution in [0.4, 0.5) is 11.5 Å². The van der Waals surface area contributed by atoms with Crippen LogP contribution in [-0.4, -0.2) is 41.0 Å². The molecule has 98 valence electrons. The molecule has 0 saturated carbocycles. The molecule has 1 aromatic heterocycles. The van der Waals surface area contributed by atoms with Crippen molar-refractivity contribution in [3.63, 3.8) is 0 Å². The Bertz CT molecular complexity index is 450. The van der Waals surface area contributed by atoms with E-state index in [1.54, 1.807) is 19.2 Å². The van der Waals surface area contributed by atoms with Crippen LogP contribution in [0.1, 0.15) is 18.4 Å². The fourth-order valence-electron chi connectivity index (χ4n) is 2.28. The molecule has 1 aliphatic rings. The molecule has 6 heteroatoms. The lowest BCUT2D eigenvalue weighted by Crippen LogP contribution is -2.31. The van der Waals surface area contributed by atoms with Crippen LogP contribution in [0.15, 0.2) is 12.3 Å². The first-order chi connectivity index (χ1) is 8.58. The van der Waals surface area contributed by atoms with Gasteiger partial charge in [0, 0.05) is 24.8 Å². The van der Waals surface area contributed by atoms with Crippen LogP contribution in [0.2, 0.25) is 0 Å². The molecular weight excluding hydrogens is 232 g/mol. The third-order valence-corrected chi connectivity index (χ3v) is 3.38. The van der Waals surface area contributed by atoms with E-state index in [9.17, 15) is 10.1 Å². The molecule has 1 aromatic rings. The molecule has 6 nitrogen and oxygen atoms in total. The maximum atomic E-state index is 10.9. The number of anilines is 1. The second-order valence-corrected chi connectivity index (χ2v) is 4.80. The number of nitro groups is 1. The van der Waals surface area contributed by atoms with Gasteiger partial charge in [-0.3, -0.25) is 10.1 Å². The molecule has 1 N–H and O–H groups in total. The van der Waals surface area contributed by atoms with E-state index in [2.05, 4.69) is 22.2 Å². The van der Waals surface area contributed by atoms with Crippen molar-refractivity contribution in [2.24, 2.45) is 0 Å². The van der Waals surface area contributed by atoms with Gasteiger partial charge in [-0.1, -0.05) is 0 Å². The highest BCUT2D eigenvalue weighted by molar-refractivity contribution is 5.56. The topological polar surface area (TPSA) is 71.3 Å². The van der Waals surface area contributed by atoms with Crippen LogP contribution in [-0.2, 0) is 0 Å². The molecule has 0 spiro atoms. The van der Waals surface area contributed by atoms with Gasteiger partial charge in [-0.15, -0.1) is 0 Å². The van der Waals surface area contributed by atoms with Crippen LogP contribution >= 0.6 is 0 Å². The van der Waals surface area contributed by atoms with Crippen LogP contribution in [0, 0.1) is 17.0 Å². The van der Waals surface area contributed by atoms with Gasteiger partial charge in [-0.05, 0) is 38.9 Å². The van der Waals surface area contributed by atoms with Crippen LogP contribution in [0.25, 0.3) is 0 Å². The summed E-state index contributed by atoms with van der Waals surface area (Å²) in [6, 6.07) is 1.99. The van der Waals surface area contributed by atoms with Crippen molar-refractivity contribution < 1.29 is 4.92 Å². The average Bonchev–Trinajstić information content (AvgIpc) is 2.73. The molecule has 2 rings (SSSR count). The summed E-state index contributed by atoms with van der Waals surface area (Å²) in [7, 11) is 2.08. The molecule has 0 radical (unpaired) electrons. The molecule has 0 bridgehead atoms. The number of nitrogens with one attached hydrogen (secondary N) is 1. The first-order valence-electron chi connectivity index (χ1n) is 6.13. The second kappa shape index (κ2) is 5.30. The van der Waals surface area contributed by atoms with Gasteiger partial charge < -0.3 is 10.2 Å². The van der Waals surface area contributed by atoms with E-state index < -0.39 is 0 Å². The first-order valence-corrected chi connectivity index (χ1v) is 6.13. The number of hydrogen-bond acceptors (Lipinski definition) is 5. The van der Waals surface area contributed by atoms with Crippen molar-refractivity contribution >= 4 is 11.5 Å². The van der Waals surface area contributed by atoms with Crippen molar-refractivity contribution in [1.82, 2.24) is 9.88 Å². The van der Waals surface area contributed by atoms with Gasteiger partial charge in [0.2, 0.25) is 5.82 Å². The standard InChI is InChI=1S/C12H18N4O2/c1-9-6-11(16(17)18)12(13-7-9)14-8-10-4-3-5-15(10)2/h6-7,10H,3-5,8H2,1-2H3,(H,13,14). The Kier molecular flexibility index (Phi) is 3.76. The van der Waals surface area contributed by atoms with E-state index in [0.717, 1.165) is 18.5 Å². The Labute approximate surface area is 106 Å². The summed E-state index contributed by atoms with van der Waals surface area (Å²) in [5.41, 5.74) is 0.848. The smallest absolute Gasteiger partial charge is 0.311 e. The first kappa shape index (κ1) is 12.8. The summed E-state index contributed by atoms with van der Waals surface area (Å²) in [4.78, 5) is 16.9. The van der Waals surface area contributed by atoms with E-state index in [4.69, 9.17) is 0 Å². The lowest BCUT2D eigenvalue weighted by atomic mass is 10.2. The number of nitrogens with zero attached hydrogens (tertiary/aromatic N) is 3. The number of likely N-dealkylation sites (N-methyl/N-ethyl adjacent to an activating group) is 1. The molecule has 1 aliphatic heterocycles. The van der Waals surface area contributed by atoms with Gasteiger partial charge in [-0.2, -0.15) is 0 Å². The normalized spacial score (nSPS) is 20.0. The zero-order valence-corrected chi connectivity index (χ0v) is 10.7. The zero-order valence-electron chi connectivity index (χ0n) is 10.7. The fraction of sp³-hybridized carbons (Fsp3) is 0.583. The Morgan fingerprint density at radius 1 is 1.67 bits per heavy atom. The highest BCUT2D eigenvalue weighted by atomic mass is 16.6. The van der Waals surface area contributed by atoms with Crippen LogP contribution in [0.5, 0.6) is 0 Å². The highest BCUT2D eigenvalue weighted by Crippen LogP contribution is 2.23. The van der Waals surface area contributed by atoms with Crippen LogP contribution in [0.3, 0.4) is 0 Å². The molecule has 1 fully saturated rings. The van der Waals surface area contributed by atoms with Crippen LogP contribution < -0.4 is 5.32 Å². The average molecular weight is 250 g/mol. The summed E-state index contributed by atoms with van der Waals surface area (Å²) in [5.74, 6) is 0.367. The van der Waals surface area contributed by atoms with Crippen molar-refractivity contribution in [3.05, 3.63) is 27.9 Å². The maximum absolute atomic E-state index is 10.9. The molecule has 1 atom stereocenters. The third-order valence-electron chi connectivity index (χ3n) is 3.38. The molecule has 0 amide bonds. The largest absolute Gasteiger partial charge is 0.363 e. The molecule has 1 saturated heterocycles. The predicted octanol–water partition coefficient (Wildman–Crippen LogP) is 1.80. The van der Waals surface area contributed by atoms with Gasteiger partial charge in [0.05, 0.1) is 4.92 Å². The SMILES string of the molecule is Cc1cnc(NCC2CCCN2C)c([N+](=O)[O-])c1. The quantitative estimate of drug-likeness (QED) is 0.651. The maximum Gasteiger partial charge on any atom is 0.311 e. The Morgan fingerprint density at radius 3 is 3.06 bits per heavy atom. The van der Waals surface area contributed by atoms with Crippen molar-refractivity contribution in [3.8, 4) is 0 Å². The van der Waals surface area contributed by atoms with Gasteiger partial charge in [0.25, 0.3) is 0 Å². The molecule has 1 unspecified atom stereocenters. The monoisotopic (exact) mass is 250 g/mol. The van der Waals surface area contributed by atoms with E-state index >= 15 is 0 Å². The Hall–Kier alpha value is -1.69. The lowest BCUT2D eigenvalue weighted by molar-refractivity contribution is -0.384. The predicted molar refractivity (Wildman–Crippen MR) is 69.8 cm³/mol. The lowest BCUT2D eigenvalue weighted by Gasteiger charge is -2.19. The number of aromatic nitrogens is 1. The summed E-state index contributed by atoms with van der Waals surface area (Å²) in [6.45, 7) is 3.59. The summed E-state index contributed by atoms with van der Waals surface area (Å²) < 4.78 is 0. The number of pyridine rings is 1. The van der Waals surface area contributed by atoms with E-state index in [-0.39, 0.29) is 10.6 Å². The molecular formula is C12H18N4O2. The Morgan fingerprint density at radius 2 is 2.44 bits per heavy atom. The van der Waals surface area contributed by atoms with E-state index in [1.807, 2.05) is 0 Å². The number of aryl methyl sites for hydroxylation is 1. The summed E-state index contributed by atoms with van der Waals surface area (Å²) >= 11 is 0.